The van der Waals surface area contributed by atoms with Crippen LogP contribution < -0.4 is 10.6 Å². The quantitative estimate of drug-likeness (QED) is 0.267. The van der Waals surface area contributed by atoms with Crippen LogP contribution in [0.4, 0.5) is 0 Å². The molecule has 0 spiro atoms. The van der Waals surface area contributed by atoms with Crippen molar-refractivity contribution < 1.29 is 9.59 Å². The monoisotopic (exact) mass is 437 g/mol. The van der Waals surface area contributed by atoms with Crippen molar-refractivity contribution in [2.24, 2.45) is 28.7 Å². The molecule has 2 fully saturated rings. The molecule has 172 valence electrons. The molecule has 5 unspecified atom stereocenters. The minimum Gasteiger partial charge on any atom is -0.356 e. The molecule has 7 heteroatoms. The van der Waals surface area contributed by atoms with Crippen molar-refractivity contribution in [3.05, 3.63) is 48.0 Å². The third-order valence-electron chi connectivity index (χ3n) is 7.29. The number of benzene rings is 1. The van der Waals surface area contributed by atoms with E-state index in [0.717, 1.165) is 25.9 Å². The Labute approximate surface area is 190 Å². The van der Waals surface area contributed by atoms with Crippen LogP contribution in [0.5, 0.6) is 0 Å². The van der Waals surface area contributed by atoms with Gasteiger partial charge < -0.3 is 10.6 Å². The number of amides is 2. The van der Waals surface area contributed by atoms with Gasteiger partial charge in [-0.05, 0) is 44.2 Å². The number of carbonyl (C=O) groups excluding carboxylic acids is 2. The Morgan fingerprint density at radius 2 is 1.72 bits per heavy atom. The SMILES string of the molecule is CN=C(NCCC(C)N(C)Cc1ccccc1)NCCN1C(=O)C2C3C=CC(C3)C2C1=O. The van der Waals surface area contributed by atoms with E-state index in [1.807, 2.05) is 6.07 Å². The second-order valence-electron chi connectivity index (χ2n) is 9.29. The van der Waals surface area contributed by atoms with Gasteiger partial charge in [-0.1, -0.05) is 42.5 Å². The Bertz CT molecular complexity index is 854. The summed E-state index contributed by atoms with van der Waals surface area (Å²) in [5.74, 6) is 0.998. The number of nitrogens with one attached hydrogen (secondary N) is 2. The number of carbonyl (C=O) groups is 2. The second-order valence-corrected chi connectivity index (χ2v) is 9.29. The molecule has 1 saturated carbocycles. The van der Waals surface area contributed by atoms with Crippen molar-refractivity contribution in [2.45, 2.75) is 32.4 Å². The largest absolute Gasteiger partial charge is 0.356 e. The first-order chi connectivity index (χ1) is 15.5. The highest BCUT2D eigenvalue weighted by Crippen LogP contribution is 2.52. The molecule has 2 N–H and O–H groups in total. The molecule has 0 radical (unpaired) electrons. The lowest BCUT2D eigenvalue weighted by Crippen LogP contribution is -2.44. The summed E-state index contributed by atoms with van der Waals surface area (Å²) in [6, 6.07) is 10.9. The number of guanidine groups is 1. The van der Waals surface area contributed by atoms with Crippen LogP contribution in [0.1, 0.15) is 25.3 Å². The average molecular weight is 438 g/mol. The van der Waals surface area contributed by atoms with Crippen LogP contribution in [-0.2, 0) is 16.1 Å². The van der Waals surface area contributed by atoms with Gasteiger partial charge in [-0.2, -0.15) is 0 Å². The fourth-order valence-electron chi connectivity index (χ4n) is 5.34. The van der Waals surface area contributed by atoms with Gasteiger partial charge in [0, 0.05) is 39.3 Å². The fraction of sp³-hybridized carbons (Fsp3) is 0.560. The molecule has 1 saturated heterocycles. The molecule has 0 aromatic heterocycles. The van der Waals surface area contributed by atoms with Crippen LogP contribution in [-0.4, -0.2) is 67.3 Å². The third-order valence-corrected chi connectivity index (χ3v) is 7.29. The van der Waals surface area contributed by atoms with Gasteiger partial charge in [-0.15, -0.1) is 0 Å². The van der Waals surface area contributed by atoms with E-state index >= 15 is 0 Å². The number of imide groups is 1. The molecule has 3 aliphatic rings. The van der Waals surface area contributed by atoms with E-state index in [4.69, 9.17) is 0 Å². The smallest absolute Gasteiger partial charge is 0.233 e. The number of allylic oxidation sites excluding steroid dienone is 2. The molecule has 2 aliphatic carbocycles. The number of fused-ring (bicyclic) bond motifs is 5. The molecule has 1 aromatic carbocycles. The molecule has 2 amide bonds. The van der Waals surface area contributed by atoms with E-state index in [1.54, 1.807) is 7.05 Å². The zero-order chi connectivity index (χ0) is 22.7. The molecule has 5 atom stereocenters. The number of aliphatic imine (C=N–C) groups is 1. The maximum absolute atomic E-state index is 12.8. The number of hydrogen-bond acceptors (Lipinski definition) is 4. The fourth-order valence-corrected chi connectivity index (χ4v) is 5.34. The second kappa shape index (κ2) is 9.86. The summed E-state index contributed by atoms with van der Waals surface area (Å²) in [4.78, 5) is 33.6. The normalized spacial score (nSPS) is 27.4. The van der Waals surface area contributed by atoms with Gasteiger partial charge in [-0.25, -0.2) is 0 Å². The van der Waals surface area contributed by atoms with Crippen LogP contribution in [0.25, 0.3) is 0 Å². The van der Waals surface area contributed by atoms with Gasteiger partial charge in [0.1, 0.15) is 0 Å². The summed E-state index contributed by atoms with van der Waals surface area (Å²) in [5, 5.41) is 6.59. The van der Waals surface area contributed by atoms with Crippen molar-refractivity contribution in [3.8, 4) is 0 Å². The standard InChI is InChI=1S/C25H35N5O2/c1-17(29(3)16-18-7-5-4-6-8-18)11-12-27-25(26-2)28-13-14-30-23(31)21-19-9-10-20(15-19)22(21)24(30)32/h4-10,17,19-22H,11-16H2,1-3H3,(H2,26,27,28). The Kier molecular flexibility index (Phi) is 6.94. The van der Waals surface area contributed by atoms with Crippen molar-refractivity contribution >= 4 is 17.8 Å². The van der Waals surface area contributed by atoms with Gasteiger partial charge in [0.15, 0.2) is 5.96 Å². The third kappa shape index (κ3) is 4.58. The van der Waals surface area contributed by atoms with Crippen molar-refractivity contribution in [1.82, 2.24) is 20.4 Å². The predicted molar refractivity (Wildman–Crippen MR) is 126 cm³/mol. The number of hydrogen-bond donors (Lipinski definition) is 2. The van der Waals surface area contributed by atoms with Gasteiger partial charge in [-0.3, -0.25) is 24.4 Å². The Morgan fingerprint density at radius 1 is 1.09 bits per heavy atom. The van der Waals surface area contributed by atoms with Crippen LogP contribution in [0.15, 0.2) is 47.5 Å². The molecule has 4 rings (SSSR count). The lowest BCUT2D eigenvalue weighted by atomic mass is 9.85. The molecule has 7 nitrogen and oxygen atoms in total. The Morgan fingerprint density at radius 3 is 2.34 bits per heavy atom. The minimum atomic E-state index is -0.121. The highest BCUT2D eigenvalue weighted by Gasteiger charge is 2.58. The van der Waals surface area contributed by atoms with Crippen molar-refractivity contribution in [3.63, 3.8) is 0 Å². The van der Waals surface area contributed by atoms with E-state index in [-0.39, 0.29) is 35.5 Å². The maximum Gasteiger partial charge on any atom is 0.233 e. The molecule has 32 heavy (non-hydrogen) atoms. The van der Waals surface area contributed by atoms with Gasteiger partial charge in [0.2, 0.25) is 11.8 Å². The summed E-state index contributed by atoms with van der Waals surface area (Å²) >= 11 is 0. The van der Waals surface area contributed by atoms with Crippen molar-refractivity contribution in [2.75, 3.05) is 33.7 Å². The molecular formula is C25H35N5O2. The van der Waals surface area contributed by atoms with E-state index in [0.29, 0.717) is 25.1 Å². The van der Waals surface area contributed by atoms with E-state index in [1.165, 1.54) is 10.5 Å². The molecule has 1 aromatic rings. The Balaban J connectivity index is 1.16. The number of rotatable bonds is 9. The number of likely N-dealkylation sites (tertiary alicyclic amines) is 1. The van der Waals surface area contributed by atoms with Crippen LogP contribution in [0, 0.1) is 23.7 Å². The van der Waals surface area contributed by atoms with Gasteiger partial charge >= 0.3 is 0 Å². The van der Waals surface area contributed by atoms with Crippen LogP contribution in [0.3, 0.4) is 0 Å². The van der Waals surface area contributed by atoms with Crippen LogP contribution in [0.2, 0.25) is 0 Å². The maximum atomic E-state index is 12.8. The molecule has 1 heterocycles. The van der Waals surface area contributed by atoms with Crippen molar-refractivity contribution in [1.29, 1.82) is 0 Å². The molecule has 2 bridgehead atoms. The topological polar surface area (TPSA) is 77.0 Å². The number of nitrogens with zero attached hydrogens (tertiary/aromatic N) is 3. The van der Waals surface area contributed by atoms with E-state index in [2.05, 4.69) is 70.9 Å². The molecular weight excluding hydrogens is 402 g/mol. The molecule has 1 aliphatic heterocycles. The predicted octanol–water partition coefficient (Wildman–Crippen LogP) is 1.87. The highest BCUT2D eigenvalue weighted by molar-refractivity contribution is 6.06. The first kappa shape index (κ1) is 22.5. The summed E-state index contributed by atoms with van der Waals surface area (Å²) in [7, 11) is 3.88. The van der Waals surface area contributed by atoms with Crippen LogP contribution >= 0.6 is 0 Å². The van der Waals surface area contributed by atoms with E-state index < -0.39 is 0 Å². The first-order valence-electron chi connectivity index (χ1n) is 11.7. The van der Waals surface area contributed by atoms with Gasteiger partial charge in [0.05, 0.1) is 11.8 Å². The first-order valence-corrected chi connectivity index (χ1v) is 11.7. The van der Waals surface area contributed by atoms with E-state index in [9.17, 15) is 9.59 Å². The lowest BCUT2D eigenvalue weighted by molar-refractivity contribution is -0.140. The summed E-state index contributed by atoms with van der Waals surface area (Å²) in [6.45, 7) is 4.83. The summed E-state index contributed by atoms with van der Waals surface area (Å²) < 4.78 is 0. The zero-order valence-electron chi connectivity index (χ0n) is 19.3. The highest BCUT2D eigenvalue weighted by atomic mass is 16.2. The summed E-state index contributed by atoms with van der Waals surface area (Å²) in [6.07, 6.45) is 6.20. The lowest BCUT2D eigenvalue weighted by Gasteiger charge is -2.25. The van der Waals surface area contributed by atoms with Gasteiger partial charge in [0.25, 0.3) is 0 Å². The zero-order valence-corrected chi connectivity index (χ0v) is 19.3. The summed E-state index contributed by atoms with van der Waals surface area (Å²) in [5.41, 5.74) is 1.31. The Hall–Kier alpha value is -2.67. The average Bonchev–Trinajstić information content (AvgIpc) is 3.48. The minimum absolute atomic E-state index is 0.0110.